The second kappa shape index (κ2) is 13.9. The largest absolute Gasteiger partial charge is 0.490 e. The normalized spacial score (nSPS) is 17.1. The number of nitrogens with zero attached hydrogens (tertiary/aromatic N) is 4. The van der Waals surface area contributed by atoms with Gasteiger partial charge in [0.05, 0.1) is 17.9 Å². The third kappa shape index (κ3) is 10.0. The molecule has 10 nitrogen and oxygen atoms in total. The average molecular weight is 592 g/mol. The second-order valence-corrected chi connectivity index (χ2v) is 8.92. The van der Waals surface area contributed by atoms with Gasteiger partial charge >= 0.3 is 30.4 Å². The highest BCUT2D eigenvalue weighted by Crippen LogP contribution is 2.30. The maximum atomic E-state index is 11.4. The van der Waals surface area contributed by atoms with Crippen molar-refractivity contribution in [1.29, 1.82) is 0 Å². The van der Waals surface area contributed by atoms with Crippen molar-refractivity contribution in [2.75, 3.05) is 13.1 Å². The van der Waals surface area contributed by atoms with Crippen molar-refractivity contribution < 1.29 is 56.0 Å². The zero-order valence-electron chi connectivity index (χ0n) is 21.5. The first-order chi connectivity index (χ1) is 19.0. The molecule has 41 heavy (non-hydrogen) atoms. The Morgan fingerprint density at radius 2 is 1.49 bits per heavy atom. The molecule has 0 fully saturated rings. The van der Waals surface area contributed by atoms with E-state index in [0.717, 1.165) is 48.5 Å². The smallest absolute Gasteiger partial charge is 0.475 e. The van der Waals surface area contributed by atoms with Gasteiger partial charge in [-0.15, -0.1) is 0 Å². The summed E-state index contributed by atoms with van der Waals surface area (Å²) in [7, 11) is 0. The SMILES string of the molecule is C[C@@H]1Cc2ncnc(C3=CCCN(C(=O)O)C3)c2CN1Cc1ccccc1.O=C(O)C(F)(F)F.O=C(O)C(F)(F)F. The highest BCUT2D eigenvalue weighted by Gasteiger charge is 2.39. The van der Waals surface area contributed by atoms with E-state index >= 15 is 0 Å². The Morgan fingerprint density at radius 3 is 2.00 bits per heavy atom. The number of rotatable bonds is 3. The lowest BCUT2D eigenvalue weighted by Crippen LogP contribution is -2.39. The predicted molar refractivity (Wildman–Crippen MR) is 130 cm³/mol. The van der Waals surface area contributed by atoms with Gasteiger partial charge in [-0.1, -0.05) is 36.4 Å². The van der Waals surface area contributed by atoms with Gasteiger partial charge in [-0.2, -0.15) is 26.3 Å². The average Bonchev–Trinajstić information content (AvgIpc) is 2.89. The van der Waals surface area contributed by atoms with Gasteiger partial charge in [-0.3, -0.25) is 4.90 Å². The first kappa shape index (κ1) is 33.0. The van der Waals surface area contributed by atoms with Crippen LogP contribution in [-0.4, -0.2) is 84.6 Å². The van der Waals surface area contributed by atoms with Crippen molar-refractivity contribution in [3.63, 3.8) is 0 Å². The number of aromatic nitrogens is 2. The van der Waals surface area contributed by atoms with Crippen LogP contribution in [-0.2, 0) is 29.1 Å². The van der Waals surface area contributed by atoms with E-state index in [1.54, 1.807) is 6.33 Å². The summed E-state index contributed by atoms with van der Waals surface area (Å²) in [5.74, 6) is -5.51. The Morgan fingerprint density at radius 1 is 0.927 bits per heavy atom. The number of fused-ring (bicyclic) bond motifs is 1. The molecule has 2 aliphatic heterocycles. The monoisotopic (exact) mass is 592 g/mol. The summed E-state index contributed by atoms with van der Waals surface area (Å²) in [5, 5.41) is 23.6. The second-order valence-electron chi connectivity index (χ2n) is 8.92. The molecule has 4 rings (SSSR count). The van der Waals surface area contributed by atoms with Gasteiger partial charge in [0.2, 0.25) is 0 Å². The molecule has 0 saturated heterocycles. The van der Waals surface area contributed by atoms with Gasteiger partial charge in [0, 0.05) is 37.7 Å². The molecule has 2 aromatic rings. The number of benzene rings is 1. The van der Waals surface area contributed by atoms with Crippen molar-refractivity contribution >= 4 is 23.6 Å². The quantitative estimate of drug-likeness (QED) is 0.440. The molecule has 1 aromatic heterocycles. The van der Waals surface area contributed by atoms with Crippen LogP contribution in [0.1, 0.15) is 35.9 Å². The molecule has 0 spiro atoms. The van der Waals surface area contributed by atoms with E-state index in [2.05, 4.69) is 52.1 Å². The van der Waals surface area contributed by atoms with E-state index in [1.807, 2.05) is 6.07 Å². The molecular formula is C25H26F6N4O6. The number of hydrogen-bond donors (Lipinski definition) is 3. The van der Waals surface area contributed by atoms with Gasteiger partial charge in [0.1, 0.15) is 6.33 Å². The third-order valence-electron chi connectivity index (χ3n) is 5.95. The minimum atomic E-state index is -5.08. The van der Waals surface area contributed by atoms with E-state index in [9.17, 15) is 36.2 Å². The molecule has 1 atom stereocenters. The fourth-order valence-corrected chi connectivity index (χ4v) is 3.94. The Hall–Kier alpha value is -4.21. The van der Waals surface area contributed by atoms with Crippen LogP contribution in [0.4, 0.5) is 31.1 Å². The Bertz CT molecular complexity index is 1230. The number of carboxylic acids is 2. The lowest BCUT2D eigenvalue weighted by Gasteiger charge is -2.35. The van der Waals surface area contributed by atoms with Gasteiger partial charge in [0.15, 0.2) is 0 Å². The maximum absolute atomic E-state index is 11.4. The molecule has 0 aliphatic carbocycles. The van der Waals surface area contributed by atoms with Crippen molar-refractivity contribution in [3.8, 4) is 0 Å². The molecule has 1 aromatic carbocycles. The van der Waals surface area contributed by atoms with Crippen molar-refractivity contribution in [3.05, 3.63) is 65.2 Å². The van der Waals surface area contributed by atoms with Crippen LogP contribution >= 0.6 is 0 Å². The van der Waals surface area contributed by atoms with E-state index in [1.165, 1.54) is 10.5 Å². The van der Waals surface area contributed by atoms with E-state index in [0.29, 0.717) is 19.1 Å². The fourth-order valence-electron chi connectivity index (χ4n) is 3.94. The number of carboxylic acid groups (broad SMARTS) is 3. The molecule has 1 amide bonds. The number of carbonyl (C=O) groups is 3. The first-order valence-corrected chi connectivity index (χ1v) is 11.9. The standard InChI is InChI=1S/C21H24N4O2.2C2HF3O2/c1-15-10-19-18(13-25(15)11-16-6-3-2-4-7-16)20(23-14-22-19)17-8-5-9-24(12-17)21(26)27;2*3-2(4,5)1(6)7/h2-4,6-8,14-15H,5,9-13H2,1H3,(H,26,27);2*(H,6,7)/t15-;;/m1../s1. The van der Waals surface area contributed by atoms with E-state index in [4.69, 9.17) is 19.8 Å². The summed E-state index contributed by atoms with van der Waals surface area (Å²) in [5.41, 5.74) is 5.43. The molecule has 224 valence electrons. The lowest BCUT2D eigenvalue weighted by atomic mass is 9.93. The van der Waals surface area contributed by atoms with Crippen LogP contribution in [0.5, 0.6) is 0 Å². The van der Waals surface area contributed by atoms with Crippen molar-refractivity contribution in [2.24, 2.45) is 0 Å². The van der Waals surface area contributed by atoms with Crippen LogP contribution < -0.4 is 0 Å². The fraction of sp³-hybridized carbons (Fsp3) is 0.400. The lowest BCUT2D eigenvalue weighted by molar-refractivity contribution is -0.193. The number of alkyl halides is 6. The van der Waals surface area contributed by atoms with Gasteiger partial charge < -0.3 is 20.2 Å². The van der Waals surface area contributed by atoms with Crippen LogP contribution in [0.15, 0.2) is 42.7 Å². The minimum Gasteiger partial charge on any atom is -0.475 e. The van der Waals surface area contributed by atoms with Crippen molar-refractivity contribution in [2.45, 2.75) is 51.2 Å². The molecule has 0 radical (unpaired) electrons. The molecule has 3 N–H and O–H groups in total. The molecule has 2 aliphatic rings. The molecule has 16 heteroatoms. The molecule has 0 unspecified atom stereocenters. The summed E-state index contributed by atoms with van der Waals surface area (Å²) >= 11 is 0. The Balaban J connectivity index is 0.000000349. The summed E-state index contributed by atoms with van der Waals surface area (Å²) < 4.78 is 63.5. The van der Waals surface area contributed by atoms with Crippen LogP contribution in [0.25, 0.3) is 5.57 Å². The first-order valence-electron chi connectivity index (χ1n) is 11.9. The van der Waals surface area contributed by atoms with Crippen LogP contribution in [0, 0.1) is 0 Å². The maximum Gasteiger partial charge on any atom is 0.490 e. The van der Waals surface area contributed by atoms with Crippen molar-refractivity contribution in [1.82, 2.24) is 19.8 Å². The highest BCUT2D eigenvalue weighted by atomic mass is 19.4. The highest BCUT2D eigenvalue weighted by molar-refractivity contribution is 5.74. The number of aliphatic carboxylic acids is 2. The Kier molecular flexibility index (Phi) is 11.2. The molecule has 3 heterocycles. The van der Waals surface area contributed by atoms with Gasteiger partial charge in [-0.25, -0.2) is 24.4 Å². The van der Waals surface area contributed by atoms with Crippen LogP contribution in [0.3, 0.4) is 0 Å². The molecule has 0 bridgehead atoms. The van der Waals surface area contributed by atoms with Gasteiger partial charge in [0.25, 0.3) is 0 Å². The van der Waals surface area contributed by atoms with E-state index in [-0.39, 0.29) is 0 Å². The molecule has 0 saturated carbocycles. The number of amides is 1. The number of hydrogen-bond acceptors (Lipinski definition) is 6. The predicted octanol–water partition coefficient (Wildman–Crippen LogP) is 4.46. The topological polar surface area (TPSA) is 144 Å². The minimum absolute atomic E-state index is 0.396. The zero-order valence-corrected chi connectivity index (χ0v) is 21.5. The third-order valence-corrected chi connectivity index (χ3v) is 5.95. The Labute approximate surface area is 229 Å². The summed E-state index contributed by atoms with van der Waals surface area (Å²) in [6, 6.07) is 10.9. The van der Waals surface area contributed by atoms with Crippen LogP contribution in [0.2, 0.25) is 0 Å². The van der Waals surface area contributed by atoms with Gasteiger partial charge in [-0.05, 0) is 24.5 Å². The summed E-state index contributed by atoms with van der Waals surface area (Å²) in [6.45, 7) is 4.85. The molecular weight excluding hydrogens is 566 g/mol. The number of halogens is 6. The summed E-state index contributed by atoms with van der Waals surface area (Å²) in [6.07, 6.45) is -5.68. The summed E-state index contributed by atoms with van der Waals surface area (Å²) in [4.78, 5) is 42.1. The zero-order chi connectivity index (χ0) is 31.0. The van der Waals surface area contributed by atoms with E-state index < -0.39 is 30.4 Å².